The number of thioether (sulfide) groups is 1. The van der Waals surface area contributed by atoms with Crippen molar-refractivity contribution in [2.75, 3.05) is 0 Å². The molecule has 0 N–H and O–H groups in total. The lowest BCUT2D eigenvalue weighted by molar-refractivity contribution is -0.122. The van der Waals surface area contributed by atoms with Crippen LogP contribution in [0.5, 0.6) is 5.75 Å². The predicted octanol–water partition coefficient (Wildman–Crippen LogP) is 5.62. The highest BCUT2D eigenvalue weighted by Gasteiger charge is 2.31. The van der Waals surface area contributed by atoms with Gasteiger partial charge in [-0.05, 0) is 48.4 Å². The molecule has 1 heterocycles. The number of carbonyl (C=O) groups excluding carboxylic acids is 2. The Balaban J connectivity index is 1.43. The van der Waals surface area contributed by atoms with Crippen LogP contribution < -0.4 is 4.74 Å². The topological polar surface area (TPSA) is 46.6 Å². The molecule has 4 rings (SSSR count). The summed E-state index contributed by atoms with van der Waals surface area (Å²) in [6.45, 7) is 2.48. The number of thiocarbonyl (C=S) groups is 1. The maximum absolute atomic E-state index is 12.8. The Morgan fingerprint density at radius 1 is 1.00 bits per heavy atom. The number of hydrogen-bond donors (Lipinski definition) is 0. The summed E-state index contributed by atoms with van der Waals surface area (Å²) in [6, 6.07) is 23.9. The monoisotopic (exact) mass is 445 g/mol. The van der Waals surface area contributed by atoms with Crippen molar-refractivity contribution in [3.05, 3.63) is 106 Å². The molecule has 0 radical (unpaired) electrons. The van der Waals surface area contributed by atoms with Gasteiger partial charge in [-0.2, -0.15) is 0 Å². The van der Waals surface area contributed by atoms with Gasteiger partial charge in [0.15, 0.2) is 0 Å². The number of rotatable bonds is 5. The molecular formula is C25H19NO3S2. The van der Waals surface area contributed by atoms with Crippen LogP contribution in [0.3, 0.4) is 0 Å². The molecule has 4 nitrogen and oxygen atoms in total. The third-order valence-corrected chi connectivity index (χ3v) is 6.11. The van der Waals surface area contributed by atoms with Gasteiger partial charge in [0.05, 0.1) is 17.0 Å². The summed E-state index contributed by atoms with van der Waals surface area (Å²) < 4.78 is 5.94. The largest absolute Gasteiger partial charge is 0.423 e. The van der Waals surface area contributed by atoms with Crippen LogP contribution in [0.25, 0.3) is 6.08 Å². The van der Waals surface area contributed by atoms with Gasteiger partial charge in [-0.15, -0.1) is 0 Å². The van der Waals surface area contributed by atoms with E-state index in [2.05, 4.69) is 0 Å². The minimum Gasteiger partial charge on any atom is -0.423 e. The van der Waals surface area contributed by atoms with Crippen LogP contribution in [-0.2, 0) is 11.3 Å². The van der Waals surface area contributed by atoms with E-state index in [4.69, 9.17) is 17.0 Å². The van der Waals surface area contributed by atoms with Crippen molar-refractivity contribution in [1.29, 1.82) is 0 Å². The normalized spacial score (nSPS) is 14.9. The van der Waals surface area contributed by atoms with Crippen LogP contribution in [0.1, 0.15) is 27.0 Å². The molecule has 0 spiro atoms. The highest BCUT2D eigenvalue weighted by Crippen LogP contribution is 2.33. The first-order valence-electron chi connectivity index (χ1n) is 9.68. The van der Waals surface area contributed by atoms with Crippen LogP contribution in [0.2, 0.25) is 0 Å². The van der Waals surface area contributed by atoms with Crippen LogP contribution in [0.4, 0.5) is 0 Å². The first-order valence-corrected chi connectivity index (χ1v) is 10.9. The Morgan fingerprint density at radius 2 is 1.68 bits per heavy atom. The van der Waals surface area contributed by atoms with Crippen molar-refractivity contribution >= 4 is 46.3 Å². The molecule has 3 aromatic rings. The first-order chi connectivity index (χ1) is 15.0. The third kappa shape index (κ3) is 5.10. The van der Waals surface area contributed by atoms with Gasteiger partial charge >= 0.3 is 5.97 Å². The van der Waals surface area contributed by atoms with Crippen LogP contribution >= 0.6 is 24.0 Å². The molecule has 1 amide bonds. The lowest BCUT2D eigenvalue weighted by Gasteiger charge is -2.14. The zero-order chi connectivity index (χ0) is 21.8. The van der Waals surface area contributed by atoms with E-state index >= 15 is 0 Å². The highest BCUT2D eigenvalue weighted by molar-refractivity contribution is 8.26. The maximum atomic E-state index is 12.8. The summed E-state index contributed by atoms with van der Waals surface area (Å²) in [5.41, 5.74) is 3.53. The summed E-state index contributed by atoms with van der Waals surface area (Å²) in [6.07, 6.45) is 1.80. The van der Waals surface area contributed by atoms with Gasteiger partial charge in [0, 0.05) is 0 Å². The zero-order valence-electron chi connectivity index (χ0n) is 16.8. The fourth-order valence-corrected chi connectivity index (χ4v) is 4.29. The van der Waals surface area contributed by atoms with Gasteiger partial charge in [0.1, 0.15) is 10.1 Å². The minimum absolute atomic E-state index is 0.102. The molecule has 0 bridgehead atoms. The summed E-state index contributed by atoms with van der Waals surface area (Å²) in [5.74, 6) is -0.0709. The van der Waals surface area contributed by atoms with Crippen LogP contribution in [0.15, 0.2) is 83.8 Å². The smallest absolute Gasteiger partial charge is 0.343 e. The van der Waals surface area contributed by atoms with E-state index < -0.39 is 5.97 Å². The second-order valence-corrected chi connectivity index (χ2v) is 8.75. The number of hydrogen-bond acceptors (Lipinski definition) is 5. The van der Waals surface area contributed by atoms with Gasteiger partial charge in [0.25, 0.3) is 5.91 Å². The van der Waals surface area contributed by atoms with Gasteiger partial charge in [0.2, 0.25) is 0 Å². The molecule has 154 valence electrons. The third-order valence-electron chi connectivity index (χ3n) is 4.73. The van der Waals surface area contributed by atoms with Gasteiger partial charge in [-0.3, -0.25) is 9.69 Å². The number of ether oxygens (including phenoxy) is 1. The van der Waals surface area contributed by atoms with E-state index in [9.17, 15) is 9.59 Å². The lowest BCUT2D eigenvalue weighted by atomic mass is 10.1. The molecular weight excluding hydrogens is 426 g/mol. The second kappa shape index (κ2) is 9.29. The summed E-state index contributed by atoms with van der Waals surface area (Å²) in [7, 11) is 0. The average Bonchev–Trinajstić information content (AvgIpc) is 3.04. The summed E-state index contributed by atoms with van der Waals surface area (Å²) >= 11 is 6.71. The van der Waals surface area contributed by atoms with E-state index in [1.54, 1.807) is 59.5 Å². The minimum atomic E-state index is -0.412. The number of esters is 1. The molecule has 1 fully saturated rings. The molecule has 0 aromatic heterocycles. The van der Waals surface area contributed by atoms with E-state index in [0.29, 0.717) is 27.1 Å². The Bertz CT molecular complexity index is 1150. The van der Waals surface area contributed by atoms with Gasteiger partial charge in [-0.1, -0.05) is 84.1 Å². The Hall–Kier alpha value is -3.22. The van der Waals surface area contributed by atoms with Crippen molar-refractivity contribution in [3.63, 3.8) is 0 Å². The van der Waals surface area contributed by atoms with E-state index in [1.165, 1.54) is 17.3 Å². The van der Waals surface area contributed by atoms with Crippen molar-refractivity contribution in [2.24, 2.45) is 0 Å². The first kappa shape index (κ1) is 21.0. The number of aryl methyl sites for hydroxylation is 1. The van der Waals surface area contributed by atoms with E-state index in [-0.39, 0.29) is 5.91 Å². The fraction of sp³-hybridized carbons (Fsp3) is 0.0800. The predicted molar refractivity (Wildman–Crippen MR) is 128 cm³/mol. The SMILES string of the molecule is Cc1ccc(CN2C(=O)/C(=C/c3ccc(OC(=O)c4ccccc4)cc3)SC2=S)cc1. The van der Waals surface area contributed by atoms with Crippen molar-refractivity contribution < 1.29 is 14.3 Å². The standard InChI is InChI=1S/C25H19NO3S2/c1-17-7-9-19(10-8-17)16-26-23(27)22(31-25(26)30)15-18-11-13-21(14-12-18)29-24(28)20-5-3-2-4-6-20/h2-15H,16H2,1H3/b22-15-. The molecule has 1 aliphatic rings. The van der Waals surface area contributed by atoms with Gasteiger partial charge in [-0.25, -0.2) is 4.79 Å². The molecule has 0 unspecified atom stereocenters. The fourth-order valence-electron chi connectivity index (χ4n) is 3.04. The molecule has 3 aromatic carbocycles. The van der Waals surface area contributed by atoms with Crippen molar-refractivity contribution in [3.8, 4) is 5.75 Å². The quantitative estimate of drug-likeness (QED) is 0.221. The number of nitrogens with zero attached hydrogens (tertiary/aromatic N) is 1. The lowest BCUT2D eigenvalue weighted by Crippen LogP contribution is -2.27. The maximum Gasteiger partial charge on any atom is 0.343 e. The zero-order valence-corrected chi connectivity index (χ0v) is 18.4. The number of benzene rings is 3. The summed E-state index contributed by atoms with van der Waals surface area (Å²) in [5, 5.41) is 0. The Kier molecular flexibility index (Phi) is 6.30. The van der Waals surface area contributed by atoms with Crippen molar-refractivity contribution in [1.82, 2.24) is 4.90 Å². The Labute approximate surface area is 190 Å². The molecule has 0 atom stereocenters. The Morgan fingerprint density at radius 3 is 2.35 bits per heavy atom. The second-order valence-electron chi connectivity index (χ2n) is 7.08. The number of amides is 1. The molecule has 0 aliphatic carbocycles. The summed E-state index contributed by atoms with van der Waals surface area (Å²) in [4.78, 5) is 27.2. The molecule has 1 aliphatic heterocycles. The molecule has 0 saturated carbocycles. The van der Waals surface area contributed by atoms with E-state index in [1.807, 2.05) is 37.3 Å². The van der Waals surface area contributed by atoms with Crippen molar-refractivity contribution in [2.45, 2.75) is 13.5 Å². The number of carbonyl (C=O) groups is 2. The average molecular weight is 446 g/mol. The van der Waals surface area contributed by atoms with Gasteiger partial charge < -0.3 is 4.74 Å². The molecule has 1 saturated heterocycles. The van der Waals surface area contributed by atoms with Crippen LogP contribution in [0, 0.1) is 6.92 Å². The molecule has 6 heteroatoms. The van der Waals surface area contributed by atoms with E-state index in [0.717, 1.165) is 11.1 Å². The highest BCUT2D eigenvalue weighted by atomic mass is 32.2. The molecule has 31 heavy (non-hydrogen) atoms. The van der Waals surface area contributed by atoms with Crippen LogP contribution in [-0.4, -0.2) is 21.1 Å².